The number of carboxylic acid groups (broad SMARTS) is 1. The van der Waals surface area contributed by atoms with Crippen LogP contribution in [-0.2, 0) is 14.8 Å². The maximum Gasteiger partial charge on any atom is 0.303 e. The van der Waals surface area contributed by atoms with Gasteiger partial charge in [0, 0.05) is 13.0 Å². The molecule has 0 heterocycles. The van der Waals surface area contributed by atoms with Crippen LogP contribution in [0.15, 0.2) is 41.3 Å². The molecule has 0 spiro atoms. The van der Waals surface area contributed by atoms with Crippen molar-refractivity contribution in [2.24, 2.45) is 23.7 Å². The van der Waals surface area contributed by atoms with Gasteiger partial charge in [-0.1, -0.05) is 29.8 Å². The SMILES string of the molecule is Cc1ccc(S(=O)(=O)NCC2C3CCC(CC3)C2/C=C/CCCC(=O)O)cc1. The summed E-state index contributed by atoms with van der Waals surface area (Å²) in [4.78, 5) is 11.0. The fourth-order valence-electron chi connectivity index (χ4n) is 4.86. The molecule has 2 N–H and O–H groups in total. The normalized spacial score (nSPS) is 27.3. The molecule has 3 fully saturated rings. The number of hydrogen-bond acceptors (Lipinski definition) is 3. The summed E-state index contributed by atoms with van der Waals surface area (Å²) in [7, 11) is -3.49. The second-order valence-electron chi connectivity index (χ2n) is 8.30. The van der Waals surface area contributed by atoms with Crippen LogP contribution in [0.1, 0.15) is 50.5 Å². The van der Waals surface area contributed by atoms with Crippen LogP contribution in [-0.4, -0.2) is 26.0 Å². The quantitative estimate of drug-likeness (QED) is 0.478. The zero-order valence-electron chi connectivity index (χ0n) is 16.5. The van der Waals surface area contributed by atoms with Gasteiger partial charge in [0.1, 0.15) is 0 Å². The maximum atomic E-state index is 12.7. The zero-order chi connectivity index (χ0) is 20.1. The highest BCUT2D eigenvalue weighted by atomic mass is 32.2. The molecule has 0 aromatic heterocycles. The minimum atomic E-state index is -3.49. The lowest BCUT2D eigenvalue weighted by atomic mass is 9.58. The monoisotopic (exact) mass is 405 g/mol. The number of benzene rings is 1. The van der Waals surface area contributed by atoms with E-state index in [2.05, 4.69) is 16.9 Å². The molecule has 2 atom stereocenters. The predicted octanol–water partition coefficient (Wildman–Crippen LogP) is 4.14. The molecule has 6 heteroatoms. The summed E-state index contributed by atoms with van der Waals surface area (Å²) in [5.74, 6) is 1.14. The number of nitrogens with one attached hydrogen (secondary N) is 1. The third-order valence-corrected chi connectivity index (χ3v) is 7.86. The number of carbonyl (C=O) groups is 1. The number of aryl methyl sites for hydroxylation is 1. The Labute approximate surface area is 168 Å². The van der Waals surface area contributed by atoms with Gasteiger partial charge in [0.25, 0.3) is 0 Å². The summed E-state index contributed by atoms with van der Waals surface area (Å²) in [6.45, 7) is 2.41. The molecule has 1 aromatic rings. The third kappa shape index (κ3) is 5.23. The molecule has 3 aliphatic carbocycles. The predicted molar refractivity (Wildman–Crippen MR) is 109 cm³/mol. The summed E-state index contributed by atoms with van der Waals surface area (Å²) in [5, 5.41) is 8.76. The van der Waals surface area contributed by atoms with Gasteiger partial charge >= 0.3 is 5.97 Å². The van der Waals surface area contributed by atoms with Gasteiger partial charge in [0.2, 0.25) is 10.0 Å². The lowest BCUT2D eigenvalue weighted by Gasteiger charge is -2.48. The fourth-order valence-corrected chi connectivity index (χ4v) is 5.93. The minimum absolute atomic E-state index is 0.195. The molecule has 4 rings (SSSR count). The lowest BCUT2D eigenvalue weighted by molar-refractivity contribution is -0.137. The van der Waals surface area contributed by atoms with Gasteiger partial charge in [-0.3, -0.25) is 4.79 Å². The standard InChI is InChI=1S/C22H31NO4S/c1-16-7-13-19(14-8-16)28(26,27)23-15-21-18-11-9-17(10-12-18)20(21)5-3-2-4-6-22(24)25/h3,5,7-8,13-14,17-18,20-21,23H,2,4,6,9-12,15H2,1H3,(H,24,25)/b5-3+. The zero-order valence-corrected chi connectivity index (χ0v) is 17.3. The second-order valence-corrected chi connectivity index (χ2v) is 10.1. The Hall–Kier alpha value is -1.66. The molecule has 0 aliphatic heterocycles. The van der Waals surface area contributed by atoms with Crippen molar-refractivity contribution in [2.75, 3.05) is 6.54 Å². The van der Waals surface area contributed by atoms with Gasteiger partial charge in [0.05, 0.1) is 4.90 Å². The molecule has 1 aromatic carbocycles. The first kappa shape index (κ1) is 21.1. The second kappa shape index (κ2) is 9.23. The van der Waals surface area contributed by atoms with Crippen molar-refractivity contribution in [2.45, 2.75) is 56.8 Å². The Morgan fingerprint density at radius 1 is 1.14 bits per heavy atom. The molecule has 28 heavy (non-hydrogen) atoms. The average Bonchev–Trinajstić information content (AvgIpc) is 2.67. The van der Waals surface area contributed by atoms with Crippen LogP contribution in [0.5, 0.6) is 0 Å². The van der Waals surface area contributed by atoms with E-state index in [1.165, 1.54) is 25.7 Å². The van der Waals surface area contributed by atoms with E-state index in [-0.39, 0.29) is 6.42 Å². The average molecular weight is 406 g/mol. The molecular formula is C22H31NO4S. The molecule has 0 amide bonds. The van der Waals surface area contributed by atoms with Crippen molar-refractivity contribution in [3.05, 3.63) is 42.0 Å². The van der Waals surface area contributed by atoms with Crippen LogP contribution < -0.4 is 4.72 Å². The summed E-state index contributed by atoms with van der Waals surface area (Å²) in [5.41, 5.74) is 1.04. The number of carboxylic acids is 1. The van der Waals surface area contributed by atoms with E-state index >= 15 is 0 Å². The topological polar surface area (TPSA) is 83.5 Å². The van der Waals surface area contributed by atoms with Gasteiger partial charge in [-0.2, -0.15) is 0 Å². The number of sulfonamides is 1. The molecule has 5 nitrogen and oxygen atoms in total. The summed E-state index contributed by atoms with van der Waals surface area (Å²) >= 11 is 0. The number of rotatable bonds is 9. The largest absolute Gasteiger partial charge is 0.481 e. The van der Waals surface area contributed by atoms with Crippen molar-refractivity contribution in [1.29, 1.82) is 0 Å². The molecule has 0 saturated heterocycles. The van der Waals surface area contributed by atoms with Crippen LogP contribution in [0.3, 0.4) is 0 Å². The smallest absolute Gasteiger partial charge is 0.303 e. The van der Waals surface area contributed by atoms with Crippen LogP contribution in [0.25, 0.3) is 0 Å². The lowest BCUT2D eigenvalue weighted by Crippen LogP contribution is -2.45. The van der Waals surface area contributed by atoms with Gasteiger partial charge in [-0.15, -0.1) is 0 Å². The van der Waals surface area contributed by atoms with Crippen LogP contribution in [0, 0.1) is 30.6 Å². The Balaban J connectivity index is 1.63. The van der Waals surface area contributed by atoms with Crippen molar-refractivity contribution < 1.29 is 18.3 Å². The van der Waals surface area contributed by atoms with Crippen LogP contribution in [0.2, 0.25) is 0 Å². The van der Waals surface area contributed by atoms with E-state index in [1.807, 2.05) is 19.1 Å². The van der Waals surface area contributed by atoms with Gasteiger partial charge in [-0.05, 0) is 81.3 Å². The Morgan fingerprint density at radius 2 is 1.79 bits per heavy atom. The third-order valence-electron chi connectivity index (χ3n) is 6.42. The molecule has 2 bridgehead atoms. The Bertz CT molecular complexity index is 792. The van der Waals surface area contributed by atoms with Gasteiger partial charge in [-0.25, -0.2) is 13.1 Å². The number of hydrogen-bond donors (Lipinski definition) is 2. The first-order valence-electron chi connectivity index (χ1n) is 10.3. The van der Waals surface area contributed by atoms with Gasteiger partial charge < -0.3 is 5.11 Å². The summed E-state index contributed by atoms with van der Waals surface area (Å²) in [6, 6.07) is 6.95. The highest BCUT2D eigenvalue weighted by molar-refractivity contribution is 7.89. The van der Waals surface area contributed by atoms with Crippen LogP contribution >= 0.6 is 0 Å². The molecule has 3 saturated carbocycles. The van der Waals surface area contributed by atoms with Crippen molar-refractivity contribution in [3.63, 3.8) is 0 Å². The van der Waals surface area contributed by atoms with Crippen LogP contribution in [0.4, 0.5) is 0 Å². The van der Waals surface area contributed by atoms with Crippen molar-refractivity contribution >= 4 is 16.0 Å². The van der Waals surface area contributed by atoms with E-state index in [0.29, 0.717) is 41.5 Å². The van der Waals surface area contributed by atoms with E-state index in [1.54, 1.807) is 12.1 Å². The molecule has 0 radical (unpaired) electrons. The first-order valence-corrected chi connectivity index (χ1v) is 11.8. The fraction of sp³-hybridized carbons (Fsp3) is 0.591. The number of aliphatic carboxylic acids is 1. The number of allylic oxidation sites excluding steroid dienone is 2. The Kier molecular flexibility index (Phi) is 6.94. The van der Waals surface area contributed by atoms with Crippen molar-refractivity contribution in [1.82, 2.24) is 4.72 Å². The minimum Gasteiger partial charge on any atom is -0.481 e. The van der Waals surface area contributed by atoms with E-state index in [9.17, 15) is 13.2 Å². The number of fused-ring (bicyclic) bond motifs is 3. The van der Waals surface area contributed by atoms with Gasteiger partial charge in [0.15, 0.2) is 0 Å². The summed E-state index contributed by atoms with van der Waals surface area (Å²) < 4.78 is 28.2. The maximum absolute atomic E-state index is 12.7. The highest BCUT2D eigenvalue weighted by Gasteiger charge is 2.42. The van der Waals surface area contributed by atoms with Crippen molar-refractivity contribution in [3.8, 4) is 0 Å². The molecule has 3 aliphatic rings. The summed E-state index contributed by atoms with van der Waals surface area (Å²) in [6.07, 6.45) is 10.8. The first-order chi connectivity index (χ1) is 13.4. The van der Waals surface area contributed by atoms with E-state index in [0.717, 1.165) is 12.0 Å². The number of unbranched alkanes of at least 4 members (excludes halogenated alkanes) is 1. The van der Waals surface area contributed by atoms with E-state index < -0.39 is 16.0 Å². The molecule has 2 unspecified atom stereocenters. The highest BCUT2D eigenvalue weighted by Crippen LogP contribution is 2.49. The molecular weight excluding hydrogens is 374 g/mol. The Morgan fingerprint density at radius 3 is 2.43 bits per heavy atom. The van der Waals surface area contributed by atoms with E-state index in [4.69, 9.17) is 5.11 Å². The molecule has 154 valence electrons.